The molecule has 0 heterocycles. The number of aliphatic hydroxyl groups is 1. The maximum Gasteiger partial charge on any atom is 0.0772 e. The van der Waals surface area contributed by atoms with E-state index in [4.69, 9.17) is 16.7 Å². The van der Waals surface area contributed by atoms with Gasteiger partial charge >= 0.3 is 0 Å². The fourth-order valence-electron chi connectivity index (χ4n) is 0.0412. The first-order valence-electron chi connectivity index (χ1n) is 1.61. The van der Waals surface area contributed by atoms with Gasteiger partial charge in [-0.05, 0) is 0 Å². The molecule has 0 aromatic rings. The summed E-state index contributed by atoms with van der Waals surface area (Å²) in [7, 11) is 0. The summed E-state index contributed by atoms with van der Waals surface area (Å²) in [5, 5.41) is 9.05. The van der Waals surface area contributed by atoms with Crippen molar-refractivity contribution in [3.05, 3.63) is 0 Å². The quantitative estimate of drug-likeness (QED) is 0.617. The van der Waals surface area contributed by atoms with Gasteiger partial charge in [0.25, 0.3) is 0 Å². The summed E-state index contributed by atoms with van der Waals surface area (Å²) in [5.74, 6) is 0.311. The molecule has 0 spiro atoms. The standard InChI is InChI=1S/C3H6BrClO/c4-1-3(6)2-5/h3,6H,1-2H2/t3-/m0/s1. The lowest BCUT2D eigenvalue weighted by atomic mass is 10.5. The fraction of sp³-hybridized carbons (Fsp3) is 1.00. The summed E-state index contributed by atoms with van der Waals surface area (Å²) in [6.45, 7) is 0. The molecule has 0 saturated carbocycles. The zero-order valence-electron chi connectivity index (χ0n) is 3.19. The van der Waals surface area contributed by atoms with Crippen molar-refractivity contribution in [2.45, 2.75) is 6.10 Å². The molecule has 0 aromatic heterocycles. The molecule has 0 amide bonds. The van der Waals surface area contributed by atoms with Crippen molar-refractivity contribution in [1.29, 1.82) is 0 Å². The van der Waals surface area contributed by atoms with E-state index in [9.17, 15) is 0 Å². The maximum absolute atomic E-state index is 8.49. The highest BCUT2D eigenvalue weighted by Crippen LogP contribution is 1.90. The van der Waals surface area contributed by atoms with Crippen molar-refractivity contribution >= 4 is 27.5 Å². The lowest BCUT2D eigenvalue weighted by Gasteiger charge is -1.95. The molecule has 0 aliphatic rings. The Kier molecular flexibility index (Phi) is 4.38. The van der Waals surface area contributed by atoms with E-state index in [0.717, 1.165) is 0 Å². The molecule has 0 aromatic carbocycles. The Labute approximate surface area is 50.4 Å². The molecule has 1 N–H and O–H groups in total. The Morgan fingerprint density at radius 3 is 2.33 bits per heavy atom. The van der Waals surface area contributed by atoms with Crippen LogP contribution >= 0.6 is 27.5 Å². The predicted octanol–water partition coefficient (Wildman–Crippen LogP) is 0.981. The topological polar surface area (TPSA) is 20.2 Å². The van der Waals surface area contributed by atoms with Crippen LogP contribution in [0.2, 0.25) is 0 Å². The molecule has 1 atom stereocenters. The number of halogens is 2. The molecule has 0 aliphatic heterocycles. The Hall–Kier alpha value is 0.730. The molecule has 6 heavy (non-hydrogen) atoms. The van der Waals surface area contributed by atoms with Crippen LogP contribution in [0.4, 0.5) is 0 Å². The Balaban J connectivity index is 2.75. The average molecular weight is 173 g/mol. The van der Waals surface area contributed by atoms with E-state index in [1.165, 1.54) is 0 Å². The Morgan fingerprint density at radius 2 is 2.33 bits per heavy atom. The van der Waals surface area contributed by atoms with Gasteiger partial charge in [-0.3, -0.25) is 0 Å². The summed E-state index contributed by atoms with van der Waals surface area (Å²) in [6, 6.07) is 0. The van der Waals surface area contributed by atoms with Crippen molar-refractivity contribution in [1.82, 2.24) is 0 Å². The molecule has 0 saturated heterocycles. The number of aliphatic hydroxyl groups excluding tert-OH is 1. The van der Waals surface area contributed by atoms with E-state index in [0.29, 0.717) is 11.2 Å². The van der Waals surface area contributed by atoms with Gasteiger partial charge in [0.1, 0.15) is 0 Å². The van der Waals surface area contributed by atoms with Crippen LogP contribution in [0.5, 0.6) is 0 Å². The number of alkyl halides is 2. The number of hydrogen-bond donors (Lipinski definition) is 1. The molecular weight excluding hydrogens is 167 g/mol. The maximum atomic E-state index is 8.49. The minimum absolute atomic E-state index is 0.311. The first kappa shape index (κ1) is 6.73. The largest absolute Gasteiger partial charge is 0.391 e. The van der Waals surface area contributed by atoms with Crippen LogP contribution in [0.15, 0.2) is 0 Å². The van der Waals surface area contributed by atoms with Gasteiger partial charge in [-0.25, -0.2) is 0 Å². The summed E-state index contributed by atoms with van der Waals surface area (Å²) in [6.07, 6.45) is -0.383. The Bertz CT molecular complexity index is 30.0. The zero-order valence-corrected chi connectivity index (χ0v) is 5.54. The SMILES string of the molecule is O[C@H](CCl)CBr. The molecule has 1 nitrogen and oxygen atoms in total. The van der Waals surface area contributed by atoms with E-state index >= 15 is 0 Å². The normalized spacial score (nSPS) is 14.5. The molecule has 0 bridgehead atoms. The van der Waals surface area contributed by atoms with Crippen LogP contribution in [0.1, 0.15) is 0 Å². The third-order valence-corrected chi connectivity index (χ3v) is 1.46. The van der Waals surface area contributed by atoms with E-state index in [1.54, 1.807) is 0 Å². The summed E-state index contributed by atoms with van der Waals surface area (Å²) < 4.78 is 0. The first-order valence-corrected chi connectivity index (χ1v) is 3.27. The van der Waals surface area contributed by atoms with Crippen molar-refractivity contribution < 1.29 is 5.11 Å². The summed E-state index contributed by atoms with van der Waals surface area (Å²) >= 11 is 8.21. The van der Waals surface area contributed by atoms with Crippen molar-refractivity contribution in [2.75, 3.05) is 11.2 Å². The first-order chi connectivity index (χ1) is 2.81. The number of hydrogen-bond acceptors (Lipinski definition) is 1. The minimum atomic E-state index is -0.383. The summed E-state index contributed by atoms with van der Waals surface area (Å²) in [4.78, 5) is 0. The smallest absolute Gasteiger partial charge is 0.0772 e. The van der Waals surface area contributed by atoms with Gasteiger partial charge in [0.05, 0.1) is 6.10 Å². The summed E-state index contributed by atoms with van der Waals surface area (Å²) in [5.41, 5.74) is 0. The van der Waals surface area contributed by atoms with Crippen LogP contribution < -0.4 is 0 Å². The van der Waals surface area contributed by atoms with Crippen LogP contribution in [-0.4, -0.2) is 22.4 Å². The van der Waals surface area contributed by atoms with Crippen LogP contribution in [0.3, 0.4) is 0 Å². The van der Waals surface area contributed by atoms with Gasteiger partial charge in [0.2, 0.25) is 0 Å². The molecular formula is C3H6BrClO. The predicted molar refractivity (Wildman–Crippen MR) is 30.5 cm³/mol. The van der Waals surface area contributed by atoms with E-state index in [1.807, 2.05) is 0 Å². The molecule has 0 radical (unpaired) electrons. The van der Waals surface area contributed by atoms with E-state index in [2.05, 4.69) is 15.9 Å². The molecule has 0 fully saturated rings. The monoisotopic (exact) mass is 172 g/mol. The molecule has 0 aliphatic carbocycles. The Morgan fingerprint density at radius 1 is 1.83 bits per heavy atom. The molecule has 0 rings (SSSR count). The third-order valence-electron chi connectivity index (χ3n) is 0.356. The van der Waals surface area contributed by atoms with Gasteiger partial charge < -0.3 is 5.11 Å². The van der Waals surface area contributed by atoms with Gasteiger partial charge in [-0.1, -0.05) is 15.9 Å². The third kappa shape index (κ3) is 2.94. The van der Waals surface area contributed by atoms with Gasteiger partial charge in [0, 0.05) is 11.2 Å². The van der Waals surface area contributed by atoms with Crippen LogP contribution in [0, 0.1) is 0 Å². The number of rotatable bonds is 2. The van der Waals surface area contributed by atoms with Crippen molar-refractivity contribution in [2.24, 2.45) is 0 Å². The molecule has 0 unspecified atom stereocenters. The second kappa shape index (κ2) is 3.90. The lowest BCUT2D eigenvalue weighted by Crippen LogP contribution is -2.08. The highest BCUT2D eigenvalue weighted by molar-refractivity contribution is 9.09. The van der Waals surface area contributed by atoms with Gasteiger partial charge in [-0.2, -0.15) is 0 Å². The van der Waals surface area contributed by atoms with E-state index < -0.39 is 0 Å². The zero-order chi connectivity index (χ0) is 4.99. The van der Waals surface area contributed by atoms with E-state index in [-0.39, 0.29) is 6.10 Å². The van der Waals surface area contributed by atoms with Crippen molar-refractivity contribution in [3.8, 4) is 0 Å². The van der Waals surface area contributed by atoms with Gasteiger partial charge in [0.15, 0.2) is 0 Å². The van der Waals surface area contributed by atoms with Crippen LogP contribution in [-0.2, 0) is 0 Å². The fourth-order valence-corrected chi connectivity index (χ4v) is 0.643. The highest BCUT2D eigenvalue weighted by atomic mass is 79.9. The van der Waals surface area contributed by atoms with Gasteiger partial charge in [-0.15, -0.1) is 11.6 Å². The molecule has 38 valence electrons. The lowest BCUT2D eigenvalue weighted by molar-refractivity contribution is 0.225. The second-order valence-corrected chi connectivity index (χ2v) is 1.92. The minimum Gasteiger partial charge on any atom is -0.391 e. The molecule has 3 heteroatoms. The highest BCUT2D eigenvalue weighted by Gasteiger charge is 1.94. The average Bonchev–Trinajstić information content (AvgIpc) is 1.65. The van der Waals surface area contributed by atoms with Crippen molar-refractivity contribution in [3.63, 3.8) is 0 Å². The van der Waals surface area contributed by atoms with Crippen LogP contribution in [0.25, 0.3) is 0 Å². The second-order valence-electron chi connectivity index (χ2n) is 0.962.